The summed E-state index contributed by atoms with van der Waals surface area (Å²) in [6, 6.07) is 8.33. The second-order valence-corrected chi connectivity index (χ2v) is 8.32. The molecule has 5 nitrogen and oxygen atoms in total. The number of carboxylic acids is 1. The Balaban J connectivity index is 1.72. The molecule has 1 aromatic heterocycles. The fourth-order valence-electron chi connectivity index (χ4n) is 2.90. The van der Waals surface area contributed by atoms with Crippen molar-refractivity contribution in [3.05, 3.63) is 53.0 Å². The van der Waals surface area contributed by atoms with Gasteiger partial charge in [-0.3, -0.25) is 9.59 Å². The SMILES string of the molecule is O=C(O)CC1Sc2cc(F)ccc2N(Cc2nc3cc(F)ccc3s2)C1=O. The van der Waals surface area contributed by atoms with Gasteiger partial charge in [-0.05, 0) is 30.3 Å². The fraction of sp³-hybridized carbons (Fsp3) is 0.167. The molecule has 9 heteroatoms. The molecule has 1 unspecified atom stereocenters. The molecule has 0 fully saturated rings. The van der Waals surface area contributed by atoms with Crippen molar-refractivity contribution in [2.24, 2.45) is 0 Å². The summed E-state index contributed by atoms with van der Waals surface area (Å²) in [7, 11) is 0. The quantitative estimate of drug-likeness (QED) is 0.708. The van der Waals surface area contributed by atoms with Crippen molar-refractivity contribution in [2.75, 3.05) is 4.90 Å². The van der Waals surface area contributed by atoms with E-state index in [2.05, 4.69) is 4.98 Å². The lowest BCUT2D eigenvalue weighted by Crippen LogP contribution is -2.41. The van der Waals surface area contributed by atoms with Crippen molar-refractivity contribution in [2.45, 2.75) is 23.1 Å². The van der Waals surface area contributed by atoms with Gasteiger partial charge < -0.3 is 10.0 Å². The number of hydrogen-bond donors (Lipinski definition) is 1. The van der Waals surface area contributed by atoms with E-state index in [4.69, 9.17) is 5.11 Å². The Morgan fingerprint density at radius 3 is 2.70 bits per heavy atom. The van der Waals surface area contributed by atoms with Gasteiger partial charge >= 0.3 is 5.97 Å². The highest BCUT2D eigenvalue weighted by Gasteiger charge is 2.35. The zero-order chi connectivity index (χ0) is 19.1. The van der Waals surface area contributed by atoms with Crippen LogP contribution in [-0.2, 0) is 16.1 Å². The van der Waals surface area contributed by atoms with E-state index in [1.54, 1.807) is 6.07 Å². The van der Waals surface area contributed by atoms with Gasteiger partial charge in [0.2, 0.25) is 5.91 Å². The summed E-state index contributed by atoms with van der Waals surface area (Å²) >= 11 is 2.38. The summed E-state index contributed by atoms with van der Waals surface area (Å²) in [5.74, 6) is -2.32. The molecule has 2 heterocycles. The second-order valence-electron chi connectivity index (χ2n) is 5.96. The molecular weight excluding hydrogens is 394 g/mol. The minimum absolute atomic E-state index is 0.106. The molecule has 0 saturated carbocycles. The predicted octanol–water partition coefficient (Wildman–Crippen LogP) is 4.06. The number of anilines is 1. The number of carboxylic acid groups (broad SMARTS) is 1. The van der Waals surface area contributed by atoms with Crippen LogP contribution in [0.2, 0.25) is 0 Å². The molecule has 0 saturated heterocycles. The van der Waals surface area contributed by atoms with Gasteiger partial charge in [0.05, 0.1) is 34.1 Å². The summed E-state index contributed by atoms with van der Waals surface area (Å²) in [5.41, 5.74) is 1.01. The Hall–Kier alpha value is -2.52. The average molecular weight is 406 g/mol. The number of hydrogen-bond acceptors (Lipinski definition) is 5. The molecule has 2 aromatic carbocycles. The van der Waals surface area contributed by atoms with E-state index < -0.39 is 22.9 Å². The summed E-state index contributed by atoms with van der Waals surface area (Å²) in [4.78, 5) is 30.2. The van der Waals surface area contributed by atoms with E-state index in [1.165, 1.54) is 46.6 Å². The van der Waals surface area contributed by atoms with Crippen LogP contribution in [-0.4, -0.2) is 27.2 Å². The third kappa shape index (κ3) is 3.52. The number of fused-ring (bicyclic) bond motifs is 2. The first-order chi connectivity index (χ1) is 12.9. The Labute approximate surface area is 160 Å². The Morgan fingerprint density at radius 1 is 1.19 bits per heavy atom. The average Bonchev–Trinajstić information content (AvgIpc) is 2.99. The van der Waals surface area contributed by atoms with Crippen molar-refractivity contribution in [3.8, 4) is 0 Å². The van der Waals surface area contributed by atoms with Crippen LogP contribution in [0.3, 0.4) is 0 Å². The maximum Gasteiger partial charge on any atom is 0.305 e. The number of carbonyl (C=O) groups excluding carboxylic acids is 1. The van der Waals surface area contributed by atoms with Crippen LogP contribution in [0.5, 0.6) is 0 Å². The first-order valence-electron chi connectivity index (χ1n) is 7.95. The molecule has 1 atom stereocenters. The van der Waals surface area contributed by atoms with Gasteiger partial charge in [0.1, 0.15) is 16.6 Å². The number of thiazole rings is 1. The maximum absolute atomic E-state index is 13.6. The molecule has 0 spiro atoms. The van der Waals surface area contributed by atoms with Crippen molar-refractivity contribution in [1.82, 2.24) is 4.98 Å². The molecule has 0 bridgehead atoms. The van der Waals surface area contributed by atoms with Crippen LogP contribution in [0.1, 0.15) is 11.4 Å². The second kappa shape index (κ2) is 6.90. The van der Waals surface area contributed by atoms with E-state index in [-0.39, 0.29) is 18.9 Å². The Morgan fingerprint density at radius 2 is 1.93 bits per heavy atom. The summed E-state index contributed by atoms with van der Waals surface area (Å²) in [6.45, 7) is 0.106. The molecule has 1 amide bonds. The molecule has 1 aliphatic heterocycles. The monoisotopic (exact) mass is 406 g/mol. The third-order valence-corrected chi connectivity index (χ3v) is 6.33. The first-order valence-corrected chi connectivity index (χ1v) is 9.64. The molecule has 3 aromatic rings. The lowest BCUT2D eigenvalue weighted by Gasteiger charge is -2.32. The zero-order valence-corrected chi connectivity index (χ0v) is 15.3. The number of amides is 1. The van der Waals surface area contributed by atoms with Gasteiger partial charge in [0.25, 0.3) is 0 Å². The molecule has 1 aliphatic rings. The summed E-state index contributed by atoms with van der Waals surface area (Å²) in [5, 5.41) is 8.82. The van der Waals surface area contributed by atoms with E-state index in [9.17, 15) is 18.4 Å². The maximum atomic E-state index is 13.6. The van der Waals surface area contributed by atoms with Crippen molar-refractivity contribution in [1.29, 1.82) is 0 Å². The third-order valence-electron chi connectivity index (χ3n) is 4.07. The van der Waals surface area contributed by atoms with Gasteiger partial charge in [0.15, 0.2) is 0 Å². The van der Waals surface area contributed by atoms with Crippen LogP contribution < -0.4 is 4.90 Å². The lowest BCUT2D eigenvalue weighted by molar-refractivity contribution is -0.138. The van der Waals surface area contributed by atoms with Gasteiger partial charge in [-0.15, -0.1) is 23.1 Å². The zero-order valence-electron chi connectivity index (χ0n) is 13.7. The van der Waals surface area contributed by atoms with Crippen LogP contribution >= 0.6 is 23.1 Å². The predicted molar refractivity (Wildman–Crippen MR) is 99.1 cm³/mol. The van der Waals surface area contributed by atoms with E-state index in [1.807, 2.05) is 0 Å². The number of thioether (sulfide) groups is 1. The summed E-state index contributed by atoms with van der Waals surface area (Å²) in [6.07, 6.45) is -0.360. The topological polar surface area (TPSA) is 70.5 Å². The van der Waals surface area contributed by atoms with E-state index in [0.717, 1.165) is 16.5 Å². The van der Waals surface area contributed by atoms with Crippen molar-refractivity contribution < 1.29 is 23.5 Å². The number of aromatic nitrogens is 1. The van der Waals surface area contributed by atoms with E-state index in [0.29, 0.717) is 21.1 Å². The summed E-state index contributed by atoms with van der Waals surface area (Å²) < 4.78 is 27.8. The lowest BCUT2D eigenvalue weighted by atomic mass is 10.2. The standard InChI is InChI=1S/C18H12F2N2O3S2/c19-9-2-4-13-11(5-9)21-16(27-13)8-22-12-3-1-10(20)6-14(12)26-15(18(22)25)7-17(23)24/h1-6,15H,7-8H2,(H,23,24). The van der Waals surface area contributed by atoms with E-state index >= 15 is 0 Å². The molecule has 4 rings (SSSR count). The number of aliphatic carboxylic acids is 1. The molecule has 27 heavy (non-hydrogen) atoms. The normalized spacial score (nSPS) is 16.6. The molecule has 0 aliphatic carbocycles. The highest BCUT2D eigenvalue weighted by atomic mass is 32.2. The number of benzene rings is 2. The first kappa shape index (κ1) is 17.9. The highest BCUT2D eigenvalue weighted by molar-refractivity contribution is 8.01. The molecule has 0 radical (unpaired) electrons. The molecule has 138 valence electrons. The van der Waals surface area contributed by atoms with Crippen LogP contribution in [0.4, 0.5) is 14.5 Å². The van der Waals surface area contributed by atoms with Crippen LogP contribution in [0.15, 0.2) is 41.3 Å². The van der Waals surface area contributed by atoms with Crippen LogP contribution in [0.25, 0.3) is 10.2 Å². The fourth-order valence-corrected chi connectivity index (χ4v) is 5.08. The minimum Gasteiger partial charge on any atom is -0.481 e. The van der Waals surface area contributed by atoms with Gasteiger partial charge in [0, 0.05) is 11.0 Å². The number of rotatable bonds is 4. The molecular formula is C18H12F2N2O3S2. The number of halogens is 2. The smallest absolute Gasteiger partial charge is 0.305 e. The van der Waals surface area contributed by atoms with Crippen molar-refractivity contribution in [3.63, 3.8) is 0 Å². The number of carbonyl (C=O) groups is 2. The largest absolute Gasteiger partial charge is 0.481 e. The van der Waals surface area contributed by atoms with Gasteiger partial charge in [-0.2, -0.15) is 0 Å². The van der Waals surface area contributed by atoms with Gasteiger partial charge in [-0.25, -0.2) is 13.8 Å². The Kier molecular flexibility index (Phi) is 4.56. The minimum atomic E-state index is -1.10. The van der Waals surface area contributed by atoms with Crippen LogP contribution in [0, 0.1) is 11.6 Å². The molecule has 1 N–H and O–H groups in total. The highest BCUT2D eigenvalue weighted by Crippen LogP contribution is 2.41. The Bertz CT molecular complexity index is 1070. The van der Waals surface area contributed by atoms with Crippen molar-refractivity contribution >= 4 is 50.9 Å². The number of nitrogens with zero attached hydrogens (tertiary/aromatic N) is 2. The van der Waals surface area contributed by atoms with Gasteiger partial charge in [-0.1, -0.05) is 0 Å².